The Kier molecular flexibility index (Phi) is 6.19. The maximum absolute atomic E-state index is 12.6. The van der Waals surface area contributed by atoms with Crippen molar-refractivity contribution in [1.82, 2.24) is 15.3 Å². The van der Waals surface area contributed by atoms with Gasteiger partial charge in [0.2, 0.25) is 0 Å². The van der Waals surface area contributed by atoms with Gasteiger partial charge in [-0.05, 0) is 31.0 Å². The van der Waals surface area contributed by atoms with E-state index < -0.39 is 5.60 Å². The van der Waals surface area contributed by atoms with Gasteiger partial charge in [0.1, 0.15) is 5.15 Å². The lowest BCUT2D eigenvalue weighted by Crippen LogP contribution is -2.44. The third-order valence-corrected chi connectivity index (χ3v) is 5.42. The Bertz CT molecular complexity index is 808. The van der Waals surface area contributed by atoms with Crippen LogP contribution in [0.3, 0.4) is 0 Å². The fraction of sp³-hybridized carbons (Fsp3) is 0.421. The molecule has 2 N–H and O–H groups in total. The van der Waals surface area contributed by atoms with Crippen LogP contribution in [0.5, 0.6) is 0 Å². The molecule has 1 saturated carbocycles. The minimum Gasteiger partial charge on any atom is -0.388 e. The van der Waals surface area contributed by atoms with Gasteiger partial charge in [0, 0.05) is 19.3 Å². The third kappa shape index (κ3) is 4.89. The number of hydrogen-bond acceptors (Lipinski definition) is 5. The number of benzene rings is 1. The van der Waals surface area contributed by atoms with E-state index in [1.165, 1.54) is 6.20 Å². The molecule has 1 aromatic heterocycles. The topological polar surface area (TPSA) is 78.4 Å². The molecule has 1 amide bonds. The average Bonchev–Trinajstić information content (AvgIpc) is 2.67. The van der Waals surface area contributed by atoms with Gasteiger partial charge in [0.25, 0.3) is 5.91 Å². The van der Waals surface area contributed by atoms with Crippen LogP contribution in [0.25, 0.3) is 0 Å². The Morgan fingerprint density at radius 1 is 1.22 bits per heavy atom. The molecule has 0 saturated heterocycles. The number of rotatable bonds is 5. The van der Waals surface area contributed by atoms with Gasteiger partial charge in [0.15, 0.2) is 5.82 Å². The molecule has 8 heteroatoms. The Hall–Kier alpha value is -1.89. The number of nitrogens with zero attached hydrogens (tertiary/aromatic N) is 3. The normalized spacial score (nSPS) is 16.0. The Morgan fingerprint density at radius 2 is 1.96 bits per heavy atom. The molecular weight excluding hydrogens is 387 g/mol. The molecule has 2 aromatic rings. The monoisotopic (exact) mass is 408 g/mol. The van der Waals surface area contributed by atoms with E-state index in [9.17, 15) is 9.90 Å². The molecule has 3 rings (SSSR count). The van der Waals surface area contributed by atoms with E-state index in [0.29, 0.717) is 34.4 Å². The van der Waals surface area contributed by atoms with Crippen LogP contribution in [0, 0.1) is 0 Å². The largest absolute Gasteiger partial charge is 0.388 e. The van der Waals surface area contributed by atoms with Gasteiger partial charge in [-0.15, -0.1) is 0 Å². The summed E-state index contributed by atoms with van der Waals surface area (Å²) < 4.78 is 0. The van der Waals surface area contributed by atoms with Crippen molar-refractivity contribution in [1.29, 1.82) is 0 Å². The van der Waals surface area contributed by atoms with Crippen molar-refractivity contribution in [3.63, 3.8) is 0 Å². The van der Waals surface area contributed by atoms with Crippen molar-refractivity contribution >= 4 is 40.6 Å². The van der Waals surface area contributed by atoms with Crippen LogP contribution in [0.4, 0.5) is 11.5 Å². The van der Waals surface area contributed by atoms with Crippen molar-refractivity contribution in [3.05, 3.63) is 46.3 Å². The summed E-state index contributed by atoms with van der Waals surface area (Å²) in [5, 5.41) is 14.1. The van der Waals surface area contributed by atoms with E-state index in [4.69, 9.17) is 23.2 Å². The van der Waals surface area contributed by atoms with Crippen LogP contribution in [0.2, 0.25) is 10.2 Å². The molecule has 0 atom stereocenters. The molecular formula is C19H22Cl2N4O2. The molecule has 1 fully saturated rings. The zero-order valence-electron chi connectivity index (χ0n) is 15.1. The number of carbonyl (C=O) groups excluding carboxylic acids is 1. The molecule has 1 aromatic carbocycles. The number of carbonyl (C=O) groups is 1. The van der Waals surface area contributed by atoms with Crippen molar-refractivity contribution < 1.29 is 9.90 Å². The number of aromatic nitrogens is 2. The van der Waals surface area contributed by atoms with Crippen molar-refractivity contribution in [2.75, 3.05) is 18.5 Å². The standard InChI is InChI=1S/C19H22Cl2N4O2/c1-25(17-11-22-16(21)10-23-17)13-5-6-15(20)14(9-13)18(26)24-12-19(27)7-3-2-4-8-19/h5-6,9-11,27H,2-4,7-8,12H2,1H3,(H,24,26). The number of aliphatic hydroxyl groups is 1. The Morgan fingerprint density at radius 3 is 2.63 bits per heavy atom. The first-order valence-corrected chi connectivity index (χ1v) is 9.65. The second-order valence-electron chi connectivity index (χ2n) is 6.89. The molecule has 144 valence electrons. The smallest absolute Gasteiger partial charge is 0.252 e. The van der Waals surface area contributed by atoms with Crippen molar-refractivity contribution in [2.45, 2.75) is 37.7 Å². The molecule has 0 unspecified atom stereocenters. The third-order valence-electron chi connectivity index (χ3n) is 4.89. The van der Waals surface area contributed by atoms with Crippen molar-refractivity contribution in [2.24, 2.45) is 0 Å². The summed E-state index contributed by atoms with van der Waals surface area (Å²) in [5.74, 6) is 0.279. The maximum Gasteiger partial charge on any atom is 0.252 e. The average molecular weight is 409 g/mol. The lowest BCUT2D eigenvalue weighted by atomic mass is 9.85. The molecule has 0 spiro atoms. The van der Waals surface area contributed by atoms with Crippen LogP contribution in [-0.4, -0.2) is 40.2 Å². The van der Waals surface area contributed by atoms with E-state index in [1.807, 2.05) is 7.05 Å². The summed E-state index contributed by atoms with van der Waals surface area (Å²) in [7, 11) is 1.81. The molecule has 1 aliphatic carbocycles. The van der Waals surface area contributed by atoms with Gasteiger partial charge in [-0.25, -0.2) is 9.97 Å². The summed E-state index contributed by atoms with van der Waals surface area (Å²) >= 11 is 12.0. The molecule has 0 bridgehead atoms. The molecule has 1 aliphatic rings. The minimum atomic E-state index is -0.826. The first kappa shape index (κ1) is 19.9. The van der Waals surface area contributed by atoms with Gasteiger partial charge < -0.3 is 15.3 Å². The molecule has 6 nitrogen and oxygen atoms in total. The highest BCUT2D eigenvalue weighted by atomic mass is 35.5. The Labute approximate surface area is 168 Å². The molecule has 0 aliphatic heterocycles. The number of amides is 1. The number of halogens is 2. The fourth-order valence-corrected chi connectivity index (χ4v) is 3.53. The molecule has 27 heavy (non-hydrogen) atoms. The van der Waals surface area contributed by atoms with E-state index in [-0.39, 0.29) is 12.5 Å². The predicted octanol–water partition coefficient (Wildman–Crippen LogP) is 3.98. The first-order valence-electron chi connectivity index (χ1n) is 8.89. The number of nitrogens with one attached hydrogen (secondary N) is 1. The summed E-state index contributed by atoms with van der Waals surface area (Å²) in [4.78, 5) is 22.7. The van der Waals surface area contributed by atoms with E-state index >= 15 is 0 Å². The van der Waals surface area contributed by atoms with Gasteiger partial charge in [-0.1, -0.05) is 42.5 Å². The fourth-order valence-electron chi connectivity index (χ4n) is 3.23. The zero-order valence-corrected chi connectivity index (χ0v) is 16.6. The van der Waals surface area contributed by atoms with E-state index in [1.54, 1.807) is 29.3 Å². The summed E-state index contributed by atoms with van der Waals surface area (Å²) in [6.45, 7) is 0.227. The molecule has 1 heterocycles. The van der Waals surface area contributed by atoms with E-state index in [2.05, 4.69) is 15.3 Å². The van der Waals surface area contributed by atoms with E-state index in [0.717, 1.165) is 24.9 Å². The zero-order chi connectivity index (χ0) is 19.4. The summed E-state index contributed by atoms with van der Waals surface area (Å²) in [5.41, 5.74) is 0.258. The van der Waals surface area contributed by atoms with Crippen LogP contribution < -0.4 is 10.2 Å². The minimum absolute atomic E-state index is 0.227. The predicted molar refractivity (Wildman–Crippen MR) is 107 cm³/mol. The highest BCUT2D eigenvalue weighted by Gasteiger charge is 2.29. The van der Waals surface area contributed by atoms with Gasteiger partial charge in [0.05, 0.1) is 28.6 Å². The lowest BCUT2D eigenvalue weighted by molar-refractivity contribution is 0.00526. The second-order valence-corrected chi connectivity index (χ2v) is 7.68. The molecule has 0 radical (unpaired) electrons. The van der Waals surface area contributed by atoms with Gasteiger partial charge in [-0.2, -0.15) is 0 Å². The summed E-state index contributed by atoms with van der Waals surface area (Å²) in [6, 6.07) is 5.16. The van der Waals surface area contributed by atoms with Crippen LogP contribution in [0.15, 0.2) is 30.6 Å². The lowest BCUT2D eigenvalue weighted by Gasteiger charge is -2.32. The SMILES string of the molecule is CN(c1ccc(Cl)c(C(=O)NCC2(O)CCCCC2)c1)c1cnc(Cl)cn1. The van der Waals surface area contributed by atoms with Crippen molar-refractivity contribution in [3.8, 4) is 0 Å². The highest BCUT2D eigenvalue weighted by molar-refractivity contribution is 6.34. The van der Waals surface area contributed by atoms with Crippen LogP contribution >= 0.6 is 23.2 Å². The van der Waals surface area contributed by atoms with Gasteiger partial charge >= 0.3 is 0 Å². The Balaban J connectivity index is 1.74. The number of anilines is 2. The van der Waals surface area contributed by atoms with Crippen LogP contribution in [0.1, 0.15) is 42.5 Å². The number of hydrogen-bond donors (Lipinski definition) is 2. The maximum atomic E-state index is 12.6. The van der Waals surface area contributed by atoms with Crippen LogP contribution in [-0.2, 0) is 0 Å². The van der Waals surface area contributed by atoms with Gasteiger partial charge in [-0.3, -0.25) is 4.79 Å². The summed E-state index contributed by atoms with van der Waals surface area (Å²) in [6.07, 6.45) is 7.52. The first-order chi connectivity index (χ1) is 12.9. The highest BCUT2D eigenvalue weighted by Crippen LogP contribution is 2.29. The quantitative estimate of drug-likeness (QED) is 0.781. The second kappa shape index (κ2) is 8.42.